The van der Waals surface area contributed by atoms with Crippen LogP contribution in [0.15, 0.2) is 128 Å². The highest BCUT2D eigenvalue weighted by Gasteiger charge is 2.30. The number of benzene rings is 2. The van der Waals surface area contributed by atoms with Crippen LogP contribution < -0.4 is 31.7 Å². The van der Waals surface area contributed by atoms with Crippen LogP contribution in [0.1, 0.15) is 75.0 Å². The Hall–Kier alpha value is -9.80. The number of imide groups is 1. The van der Waals surface area contributed by atoms with E-state index in [0.717, 1.165) is 21.7 Å². The second-order valence-corrected chi connectivity index (χ2v) is 19.3. The first-order valence-electron chi connectivity index (χ1n) is 26.1. The third-order valence-electron chi connectivity index (χ3n) is 12.8. The topological polar surface area (TPSA) is 303 Å². The number of aryl methyl sites for hydroxylation is 1. The van der Waals surface area contributed by atoms with Gasteiger partial charge in [0.25, 0.3) is 11.8 Å². The lowest BCUT2D eigenvalue weighted by molar-refractivity contribution is -0.137. The van der Waals surface area contributed by atoms with Gasteiger partial charge in [-0.1, -0.05) is 50.6 Å². The number of fused-ring (bicyclic) bond motifs is 1. The number of H-pyrrole nitrogens is 1. The van der Waals surface area contributed by atoms with Crippen LogP contribution in [0.2, 0.25) is 0 Å². The molecule has 414 valence electrons. The Morgan fingerprint density at radius 3 is 2.33 bits per heavy atom. The molecule has 0 saturated carbocycles. The van der Waals surface area contributed by atoms with Gasteiger partial charge in [-0.25, -0.2) is 24.1 Å². The van der Waals surface area contributed by atoms with Gasteiger partial charge >= 0.3 is 12.1 Å². The second kappa shape index (κ2) is 27.0. The van der Waals surface area contributed by atoms with Crippen molar-refractivity contribution in [1.82, 2.24) is 60.3 Å². The molecule has 0 saturated heterocycles. The number of hydrogen-bond donors (Lipinski definition) is 6. The number of ether oxygens (including phenoxy) is 2. The van der Waals surface area contributed by atoms with Crippen molar-refractivity contribution in [3.05, 3.63) is 151 Å². The minimum Gasteiger partial charge on any atom is -0.457 e. The van der Waals surface area contributed by atoms with Crippen molar-refractivity contribution in [2.75, 3.05) is 18.4 Å². The molecule has 1 unspecified atom stereocenters. The summed E-state index contributed by atoms with van der Waals surface area (Å²) in [5.41, 5.74) is 11.1. The maximum absolute atomic E-state index is 14.3. The third kappa shape index (κ3) is 15.7. The Morgan fingerprint density at radius 2 is 1.57 bits per heavy atom. The Balaban J connectivity index is 0.932. The molecule has 6 heterocycles. The molecule has 0 fully saturated rings. The molecule has 0 spiro atoms. The number of amides is 8. The van der Waals surface area contributed by atoms with Crippen molar-refractivity contribution in [3.8, 4) is 34.1 Å². The largest absolute Gasteiger partial charge is 0.457 e. The molecule has 7 N–H and O–H groups in total. The van der Waals surface area contributed by atoms with E-state index in [1.54, 1.807) is 67.2 Å². The predicted octanol–water partition coefficient (Wildman–Crippen LogP) is 6.51. The van der Waals surface area contributed by atoms with E-state index < -0.39 is 36.0 Å². The number of carbonyl (C=O) groups is 7. The van der Waals surface area contributed by atoms with Gasteiger partial charge in [0, 0.05) is 73.7 Å². The second-order valence-electron chi connectivity index (χ2n) is 19.3. The van der Waals surface area contributed by atoms with Crippen molar-refractivity contribution >= 4 is 53.0 Å². The van der Waals surface area contributed by atoms with Gasteiger partial charge < -0.3 is 41.5 Å². The molecule has 8 rings (SSSR count). The Morgan fingerprint density at radius 1 is 0.800 bits per heavy atom. The highest BCUT2D eigenvalue weighted by atomic mass is 16.6. The van der Waals surface area contributed by atoms with E-state index in [0.29, 0.717) is 70.6 Å². The van der Waals surface area contributed by atoms with E-state index in [1.807, 2.05) is 67.7 Å². The number of carbonyl (C=O) groups excluding carboxylic acids is 7. The molecule has 2 atom stereocenters. The third-order valence-corrected chi connectivity index (χ3v) is 12.8. The van der Waals surface area contributed by atoms with E-state index in [9.17, 15) is 33.6 Å². The molecule has 80 heavy (non-hydrogen) atoms. The molecule has 8 amide bonds. The Bertz CT molecular complexity index is 3340. The van der Waals surface area contributed by atoms with E-state index in [4.69, 9.17) is 25.2 Å². The van der Waals surface area contributed by atoms with Crippen LogP contribution in [0.4, 0.5) is 15.3 Å². The van der Waals surface area contributed by atoms with E-state index in [1.165, 1.54) is 23.4 Å². The van der Waals surface area contributed by atoms with Gasteiger partial charge in [-0.05, 0) is 110 Å². The molecule has 1 aliphatic heterocycles. The van der Waals surface area contributed by atoms with Crippen LogP contribution in [0.25, 0.3) is 28.3 Å². The smallest absolute Gasteiger partial charge is 0.410 e. The summed E-state index contributed by atoms with van der Waals surface area (Å²) in [6, 6.07) is 24.1. The SMILES string of the molecule is Cc1cccc(-c2[nH]c(CN(Cc3cccc(Oc4ccncc4)c3)C(=O)OCc3ccc(NC(=O)C(CCCNC(N)=O)NC(=O)[C@@H](NC(=O)CCCCCN4C(=O)C=CC4=O)C(C)C)cc3)nc2-c2ccc3ncnn3c2)n1. The van der Waals surface area contributed by atoms with Crippen molar-refractivity contribution in [1.29, 1.82) is 0 Å². The number of aromatic amines is 1. The average Bonchev–Trinajstić information content (AvgIpc) is 4.20. The summed E-state index contributed by atoms with van der Waals surface area (Å²) in [6.45, 7) is 5.79. The highest BCUT2D eigenvalue weighted by Crippen LogP contribution is 2.31. The summed E-state index contributed by atoms with van der Waals surface area (Å²) in [7, 11) is 0. The summed E-state index contributed by atoms with van der Waals surface area (Å²) in [6.07, 6.45) is 10.4. The first-order valence-corrected chi connectivity index (χ1v) is 26.1. The minimum absolute atomic E-state index is 0.00266. The fourth-order valence-electron chi connectivity index (χ4n) is 8.73. The fourth-order valence-corrected chi connectivity index (χ4v) is 8.73. The van der Waals surface area contributed by atoms with Gasteiger partial charge in [0.2, 0.25) is 17.7 Å². The Labute approximate surface area is 460 Å². The number of nitrogens with zero attached hydrogens (tertiary/aromatic N) is 8. The number of urea groups is 1. The molecule has 23 heteroatoms. The number of hydrogen-bond acceptors (Lipinski definition) is 14. The van der Waals surface area contributed by atoms with Gasteiger partial charge in [0.1, 0.15) is 42.3 Å². The lowest BCUT2D eigenvalue weighted by Gasteiger charge is -2.25. The van der Waals surface area contributed by atoms with Crippen LogP contribution in [-0.4, -0.2) is 111 Å². The first kappa shape index (κ1) is 56.4. The monoisotopic (exact) mass is 1090 g/mol. The van der Waals surface area contributed by atoms with Crippen molar-refractivity contribution in [3.63, 3.8) is 0 Å². The molecule has 0 aliphatic carbocycles. The zero-order chi connectivity index (χ0) is 56.5. The summed E-state index contributed by atoms with van der Waals surface area (Å²) in [5.74, 6) is -0.969. The van der Waals surface area contributed by atoms with Gasteiger partial charge in [-0.2, -0.15) is 5.10 Å². The highest BCUT2D eigenvalue weighted by molar-refractivity contribution is 6.12. The van der Waals surface area contributed by atoms with Crippen LogP contribution in [0.3, 0.4) is 0 Å². The van der Waals surface area contributed by atoms with E-state index in [2.05, 4.69) is 41.3 Å². The number of unbranched alkanes of at least 4 members (excludes halogenated alkanes) is 2. The van der Waals surface area contributed by atoms with Gasteiger partial charge in [-0.3, -0.25) is 43.7 Å². The van der Waals surface area contributed by atoms with Crippen molar-refractivity contribution in [2.45, 2.75) is 91.1 Å². The average molecular weight is 1090 g/mol. The lowest BCUT2D eigenvalue weighted by Crippen LogP contribution is -2.54. The number of nitrogens with one attached hydrogen (secondary N) is 5. The summed E-state index contributed by atoms with van der Waals surface area (Å²) < 4.78 is 13.7. The van der Waals surface area contributed by atoms with Crippen molar-refractivity contribution < 1.29 is 43.0 Å². The number of aromatic nitrogens is 7. The summed E-state index contributed by atoms with van der Waals surface area (Å²) >= 11 is 0. The summed E-state index contributed by atoms with van der Waals surface area (Å²) in [4.78, 5) is 114. The number of imidazole rings is 1. The molecule has 0 radical (unpaired) electrons. The van der Waals surface area contributed by atoms with Crippen LogP contribution in [0, 0.1) is 12.8 Å². The zero-order valence-corrected chi connectivity index (χ0v) is 44.5. The van der Waals surface area contributed by atoms with Crippen molar-refractivity contribution in [2.24, 2.45) is 11.7 Å². The maximum Gasteiger partial charge on any atom is 0.410 e. The lowest BCUT2D eigenvalue weighted by atomic mass is 10.0. The minimum atomic E-state index is -1.08. The number of nitrogens with two attached hydrogens (primary N) is 1. The van der Waals surface area contributed by atoms with Gasteiger partial charge in [-0.15, -0.1) is 0 Å². The van der Waals surface area contributed by atoms with E-state index >= 15 is 0 Å². The Kier molecular flexibility index (Phi) is 19.0. The van der Waals surface area contributed by atoms with Gasteiger partial charge in [0.15, 0.2) is 5.65 Å². The fraction of sp³-hybridized carbons (Fsp3) is 0.298. The molecule has 5 aromatic heterocycles. The van der Waals surface area contributed by atoms with Gasteiger partial charge in [0.05, 0.1) is 23.6 Å². The molecular formula is C57H62N14O9. The van der Waals surface area contributed by atoms with Crippen LogP contribution in [0.5, 0.6) is 11.5 Å². The van der Waals surface area contributed by atoms with E-state index in [-0.39, 0.29) is 75.7 Å². The van der Waals surface area contributed by atoms with Crippen LogP contribution in [-0.2, 0) is 48.4 Å². The zero-order valence-electron chi connectivity index (χ0n) is 44.5. The molecule has 2 aromatic carbocycles. The molecule has 0 bridgehead atoms. The molecular weight excluding hydrogens is 1020 g/mol. The normalized spacial score (nSPS) is 12.8. The first-order chi connectivity index (χ1) is 38.6. The number of pyridine rings is 3. The standard InChI is InChI=1S/C57H62N14O9/c1-36(2)51(68-48(72)15-5-4-6-29-70-49(73)22-23-50(70)74)55(76)65-45(14-9-26-60-56(58)77)54(75)64-41-19-16-38(17-20-41)34-79-57(78)69(31-39-11-8-12-43(30-39)80-42-24-27-59-28-25-42)33-46-66-52(40-18-21-47-61-35-62-71(47)32-40)53(67-46)44-13-7-10-37(3)63-44/h7-8,10-13,16-25,27-28,30,32,35-36,45,51H,4-6,9,14-15,26,29,31,33-34H2,1-3H3,(H,64,75)(H,65,76)(H,66,67)(H,68,72)(H3,58,60,77)/t45?,51-/m0/s1. The predicted molar refractivity (Wildman–Crippen MR) is 294 cm³/mol. The molecule has 23 nitrogen and oxygen atoms in total. The number of rotatable bonds is 26. The maximum atomic E-state index is 14.3. The quantitative estimate of drug-likeness (QED) is 0.0249. The number of anilines is 1. The summed E-state index contributed by atoms with van der Waals surface area (Å²) in [5, 5.41) is 15.2. The molecule has 1 aliphatic rings. The van der Waals surface area contributed by atoms with Crippen LogP contribution >= 0.6 is 0 Å². The number of primary amides is 1. The molecule has 7 aromatic rings.